The average molecular weight is 239 g/mol. The third-order valence-corrected chi connectivity index (χ3v) is 3.59. The molecule has 0 saturated carbocycles. The number of hydrogen-bond acceptors (Lipinski definition) is 4. The third-order valence-electron chi connectivity index (χ3n) is 2.82. The molecule has 0 bridgehead atoms. The first-order chi connectivity index (χ1) is 7.61. The zero-order valence-electron chi connectivity index (χ0n) is 8.95. The molecule has 86 valence electrons. The fourth-order valence-corrected chi connectivity index (χ4v) is 2.52. The molecule has 1 aliphatic rings. The summed E-state index contributed by atoms with van der Waals surface area (Å²) in [6, 6.07) is 3.51. The lowest BCUT2D eigenvalue weighted by molar-refractivity contribution is 0.463. The highest BCUT2D eigenvalue weighted by Gasteiger charge is 2.18. The average Bonchev–Trinajstić information content (AvgIpc) is 2.46. The molecular formula is C11H13NO3S. The van der Waals surface area contributed by atoms with Crippen LogP contribution in [0.1, 0.15) is 16.7 Å². The highest BCUT2D eigenvalue weighted by atomic mass is 32.2. The van der Waals surface area contributed by atoms with Gasteiger partial charge in [0.05, 0.1) is 4.86 Å². The zero-order chi connectivity index (χ0) is 11.7. The second kappa shape index (κ2) is 4.27. The van der Waals surface area contributed by atoms with E-state index in [4.69, 9.17) is 0 Å². The van der Waals surface area contributed by atoms with E-state index in [1.165, 1.54) is 0 Å². The van der Waals surface area contributed by atoms with Crippen LogP contribution in [-0.4, -0.2) is 31.5 Å². The van der Waals surface area contributed by atoms with Crippen LogP contribution in [0.15, 0.2) is 12.1 Å². The van der Waals surface area contributed by atoms with Gasteiger partial charge in [-0.05, 0) is 25.5 Å². The highest BCUT2D eigenvalue weighted by molar-refractivity contribution is 7.73. The number of benzene rings is 1. The summed E-state index contributed by atoms with van der Waals surface area (Å²) in [5, 5.41) is 13.0. The first-order valence-corrected chi connectivity index (χ1v) is 6.16. The Morgan fingerprint density at radius 3 is 2.81 bits per heavy atom. The molecule has 0 amide bonds. The minimum absolute atomic E-state index is 0.212. The summed E-state index contributed by atoms with van der Waals surface area (Å²) in [7, 11) is -2.25. The van der Waals surface area contributed by atoms with E-state index in [1.807, 2.05) is 6.92 Å². The summed E-state index contributed by atoms with van der Waals surface area (Å²) in [5.74, 6) is 0.212. The quantitative estimate of drug-likeness (QED) is 0.637. The van der Waals surface area contributed by atoms with Crippen LogP contribution < -0.4 is 5.32 Å². The van der Waals surface area contributed by atoms with Gasteiger partial charge in [0.15, 0.2) is 0 Å². The van der Waals surface area contributed by atoms with Gasteiger partial charge in [0.1, 0.15) is 5.75 Å². The first-order valence-electron chi connectivity index (χ1n) is 5.09. The molecule has 0 saturated heterocycles. The van der Waals surface area contributed by atoms with Crippen LogP contribution in [0.3, 0.4) is 0 Å². The van der Waals surface area contributed by atoms with Gasteiger partial charge in [-0.25, -0.2) is 0 Å². The Balaban J connectivity index is 2.74. The van der Waals surface area contributed by atoms with Crippen molar-refractivity contribution in [2.24, 2.45) is 0 Å². The van der Waals surface area contributed by atoms with Crippen molar-refractivity contribution in [1.82, 2.24) is 5.32 Å². The summed E-state index contributed by atoms with van der Waals surface area (Å²) in [5.41, 5.74) is 2.14. The summed E-state index contributed by atoms with van der Waals surface area (Å²) in [4.78, 5) is 0.322. The minimum atomic E-state index is -2.25. The molecule has 5 heteroatoms. The molecule has 1 aliphatic heterocycles. The summed E-state index contributed by atoms with van der Waals surface area (Å²) < 4.78 is 22.2. The van der Waals surface area contributed by atoms with Gasteiger partial charge in [0, 0.05) is 17.7 Å². The van der Waals surface area contributed by atoms with Crippen LogP contribution in [0.25, 0.3) is 0 Å². The second-order valence-corrected chi connectivity index (χ2v) is 4.80. The van der Waals surface area contributed by atoms with E-state index in [0.717, 1.165) is 11.1 Å². The van der Waals surface area contributed by atoms with Gasteiger partial charge in [-0.1, -0.05) is 12.1 Å². The number of hydrogen-bond donors (Lipinski definition) is 2. The van der Waals surface area contributed by atoms with Gasteiger partial charge >= 0.3 is 0 Å². The van der Waals surface area contributed by atoms with Crippen molar-refractivity contribution in [2.45, 2.75) is 13.3 Å². The maximum absolute atomic E-state index is 11.1. The largest absolute Gasteiger partial charge is 0.507 e. The molecule has 2 N–H and O–H groups in total. The van der Waals surface area contributed by atoms with Crippen LogP contribution in [0.5, 0.6) is 5.75 Å². The van der Waals surface area contributed by atoms with Crippen molar-refractivity contribution in [3.63, 3.8) is 0 Å². The Kier molecular flexibility index (Phi) is 2.98. The fraction of sp³-hybridized carbons (Fsp3) is 0.364. The standard InChI is InChI=1S/C11H13NO3S/c1-7-2-3-8-9(11(7)13)4-5-12-6-10(8)16(14)15/h2-3,12-13H,4-6H2,1H3. The monoisotopic (exact) mass is 239 g/mol. The van der Waals surface area contributed by atoms with Gasteiger partial charge in [0.25, 0.3) is 0 Å². The number of aryl methyl sites for hydroxylation is 1. The van der Waals surface area contributed by atoms with Gasteiger partial charge in [0.2, 0.25) is 10.3 Å². The molecule has 0 spiro atoms. The van der Waals surface area contributed by atoms with Crippen molar-refractivity contribution < 1.29 is 13.5 Å². The highest BCUT2D eigenvalue weighted by Crippen LogP contribution is 2.27. The SMILES string of the molecule is Cc1ccc2c(c1O)CCNCC2=S(=O)=O. The van der Waals surface area contributed by atoms with E-state index >= 15 is 0 Å². The Morgan fingerprint density at radius 2 is 2.12 bits per heavy atom. The van der Waals surface area contributed by atoms with E-state index in [0.29, 0.717) is 29.9 Å². The number of phenols is 1. The number of phenolic OH excluding ortho intramolecular Hbond substituents is 1. The molecule has 1 aromatic rings. The van der Waals surface area contributed by atoms with Crippen LogP contribution in [0.2, 0.25) is 0 Å². The van der Waals surface area contributed by atoms with E-state index in [-0.39, 0.29) is 5.75 Å². The van der Waals surface area contributed by atoms with Crippen molar-refractivity contribution in [3.05, 3.63) is 28.8 Å². The van der Waals surface area contributed by atoms with Crippen LogP contribution in [-0.2, 0) is 16.7 Å². The Morgan fingerprint density at radius 1 is 1.38 bits per heavy atom. The van der Waals surface area contributed by atoms with Crippen molar-refractivity contribution in [1.29, 1.82) is 0 Å². The van der Waals surface area contributed by atoms with Gasteiger partial charge in [-0.15, -0.1) is 0 Å². The molecule has 16 heavy (non-hydrogen) atoms. The second-order valence-electron chi connectivity index (χ2n) is 3.84. The Hall–Kier alpha value is -1.33. The zero-order valence-corrected chi connectivity index (χ0v) is 9.76. The Bertz CT molecular complexity index is 553. The molecule has 0 aromatic heterocycles. The molecule has 1 aromatic carbocycles. The van der Waals surface area contributed by atoms with E-state index in [2.05, 4.69) is 5.32 Å². The molecular weight excluding hydrogens is 226 g/mol. The number of fused-ring (bicyclic) bond motifs is 1. The predicted molar refractivity (Wildman–Crippen MR) is 62.4 cm³/mol. The van der Waals surface area contributed by atoms with Gasteiger partial charge < -0.3 is 10.4 Å². The maximum Gasteiger partial charge on any atom is 0.219 e. The van der Waals surface area contributed by atoms with Gasteiger partial charge in [-0.2, -0.15) is 8.42 Å². The lowest BCUT2D eigenvalue weighted by Gasteiger charge is -2.09. The topological polar surface area (TPSA) is 66.4 Å². The molecule has 0 unspecified atom stereocenters. The molecule has 0 atom stereocenters. The molecule has 0 fully saturated rings. The number of rotatable bonds is 0. The van der Waals surface area contributed by atoms with E-state index in [9.17, 15) is 13.5 Å². The molecule has 2 rings (SSSR count). The van der Waals surface area contributed by atoms with E-state index < -0.39 is 10.3 Å². The Labute approximate surface area is 95.5 Å². The van der Waals surface area contributed by atoms with Crippen molar-refractivity contribution in [2.75, 3.05) is 13.1 Å². The summed E-state index contributed by atoms with van der Waals surface area (Å²) in [6.07, 6.45) is 0.642. The number of nitrogens with one attached hydrogen (secondary N) is 1. The molecule has 0 radical (unpaired) electrons. The van der Waals surface area contributed by atoms with Gasteiger partial charge in [-0.3, -0.25) is 0 Å². The fourth-order valence-electron chi connectivity index (χ4n) is 1.93. The first kappa shape index (κ1) is 11.2. The number of aromatic hydroxyl groups is 1. The molecule has 1 heterocycles. The summed E-state index contributed by atoms with van der Waals surface area (Å²) in [6.45, 7) is 2.80. The molecule has 4 nitrogen and oxygen atoms in total. The smallest absolute Gasteiger partial charge is 0.219 e. The van der Waals surface area contributed by atoms with Crippen molar-refractivity contribution in [3.8, 4) is 5.75 Å². The normalized spacial score (nSPS) is 15.4. The predicted octanol–water partition coefficient (Wildman–Crippen LogP) is 0.246. The maximum atomic E-state index is 11.1. The summed E-state index contributed by atoms with van der Waals surface area (Å²) >= 11 is 0. The van der Waals surface area contributed by atoms with E-state index in [1.54, 1.807) is 12.1 Å². The minimum Gasteiger partial charge on any atom is -0.507 e. The molecule has 0 aliphatic carbocycles. The van der Waals surface area contributed by atoms with Crippen molar-refractivity contribution >= 4 is 15.2 Å². The van der Waals surface area contributed by atoms with Crippen LogP contribution >= 0.6 is 0 Å². The van der Waals surface area contributed by atoms with Crippen LogP contribution in [0, 0.1) is 6.92 Å². The lowest BCUT2D eigenvalue weighted by Crippen LogP contribution is -2.22. The lowest BCUT2D eigenvalue weighted by atomic mass is 9.99. The van der Waals surface area contributed by atoms with Crippen LogP contribution in [0.4, 0.5) is 0 Å². The third kappa shape index (κ3) is 1.83.